The maximum Gasteiger partial charge on any atom is 0.236 e. The van der Waals surface area contributed by atoms with E-state index < -0.39 is 0 Å². The van der Waals surface area contributed by atoms with Crippen molar-refractivity contribution in [3.63, 3.8) is 0 Å². The third-order valence-electron chi connectivity index (χ3n) is 5.38. The van der Waals surface area contributed by atoms with Gasteiger partial charge >= 0.3 is 0 Å². The number of nitrogens with one attached hydrogen (secondary N) is 1. The highest BCUT2D eigenvalue weighted by atomic mass is 16.2. The van der Waals surface area contributed by atoms with Gasteiger partial charge in [0.2, 0.25) is 11.8 Å². The van der Waals surface area contributed by atoms with Gasteiger partial charge in [-0.3, -0.25) is 9.59 Å². The van der Waals surface area contributed by atoms with E-state index in [0.29, 0.717) is 19.5 Å². The maximum absolute atomic E-state index is 12.8. The molecule has 0 saturated carbocycles. The van der Waals surface area contributed by atoms with Gasteiger partial charge in [-0.25, -0.2) is 4.68 Å². The zero-order valence-electron chi connectivity index (χ0n) is 15.4. The van der Waals surface area contributed by atoms with E-state index >= 15 is 0 Å². The van der Waals surface area contributed by atoms with Gasteiger partial charge in [0, 0.05) is 44.6 Å². The summed E-state index contributed by atoms with van der Waals surface area (Å²) in [6, 6.07) is 9.96. The fraction of sp³-hybridized carbons (Fsp3) is 0.450. The average molecular weight is 367 g/mol. The molecule has 7 nitrogen and oxygen atoms in total. The normalized spacial score (nSPS) is 20.7. The number of benzene rings is 1. The second-order valence-electron chi connectivity index (χ2n) is 7.19. The van der Waals surface area contributed by atoms with E-state index in [4.69, 9.17) is 0 Å². The van der Waals surface area contributed by atoms with Gasteiger partial charge in [0.25, 0.3) is 0 Å². The van der Waals surface area contributed by atoms with Crippen molar-refractivity contribution < 1.29 is 9.59 Å². The van der Waals surface area contributed by atoms with Gasteiger partial charge in [0.15, 0.2) is 0 Å². The molecular formula is C20H25N5O2. The van der Waals surface area contributed by atoms with Crippen LogP contribution < -0.4 is 5.32 Å². The summed E-state index contributed by atoms with van der Waals surface area (Å²) in [5.74, 6) is 0.281. The Kier molecular flexibility index (Phi) is 5.20. The lowest BCUT2D eigenvalue weighted by Crippen LogP contribution is -2.57. The summed E-state index contributed by atoms with van der Waals surface area (Å²) >= 11 is 0. The molecule has 2 saturated heterocycles. The molecule has 2 amide bonds. The van der Waals surface area contributed by atoms with Gasteiger partial charge in [-0.15, -0.1) is 0 Å². The van der Waals surface area contributed by atoms with Crippen LogP contribution in [0.4, 0.5) is 0 Å². The highest BCUT2D eigenvalue weighted by molar-refractivity contribution is 5.80. The van der Waals surface area contributed by atoms with Crippen LogP contribution >= 0.6 is 0 Å². The number of nitrogens with zero attached hydrogens (tertiary/aromatic N) is 4. The molecule has 1 aromatic carbocycles. The quantitative estimate of drug-likeness (QED) is 0.869. The van der Waals surface area contributed by atoms with E-state index in [0.717, 1.165) is 43.7 Å². The first kappa shape index (κ1) is 17.7. The van der Waals surface area contributed by atoms with Gasteiger partial charge in [0.1, 0.15) is 0 Å². The average Bonchev–Trinajstić information content (AvgIpc) is 3.24. The number of hydrogen-bond acceptors (Lipinski definition) is 4. The standard InChI is InChI=1S/C20H25N5O2/c26-19(13-16-4-6-17(7-5-16)25-11-2-8-22-25)23-10-1-3-18(15-23)24-12-9-21-14-20(24)27/h2,4-8,11,18,21H,1,3,9-10,12-15H2. The smallest absolute Gasteiger partial charge is 0.236 e. The molecule has 2 aromatic rings. The monoisotopic (exact) mass is 367 g/mol. The van der Waals surface area contributed by atoms with Crippen molar-refractivity contribution in [2.45, 2.75) is 25.3 Å². The molecule has 0 spiro atoms. The summed E-state index contributed by atoms with van der Waals surface area (Å²) in [4.78, 5) is 28.8. The Hall–Kier alpha value is -2.67. The Labute approximate surface area is 158 Å². The lowest BCUT2D eigenvalue weighted by atomic mass is 10.0. The van der Waals surface area contributed by atoms with E-state index in [1.807, 2.05) is 46.3 Å². The van der Waals surface area contributed by atoms with Gasteiger partial charge in [-0.2, -0.15) is 5.10 Å². The predicted molar refractivity (Wildman–Crippen MR) is 101 cm³/mol. The van der Waals surface area contributed by atoms with E-state index in [-0.39, 0.29) is 17.9 Å². The predicted octanol–water partition coefficient (Wildman–Crippen LogP) is 0.838. The number of piperazine rings is 1. The first-order chi connectivity index (χ1) is 13.2. The summed E-state index contributed by atoms with van der Waals surface area (Å²) < 4.78 is 1.80. The van der Waals surface area contributed by atoms with E-state index in [9.17, 15) is 9.59 Å². The zero-order chi connectivity index (χ0) is 18.6. The van der Waals surface area contributed by atoms with Crippen molar-refractivity contribution in [2.75, 3.05) is 32.7 Å². The number of hydrogen-bond donors (Lipinski definition) is 1. The maximum atomic E-state index is 12.8. The van der Waals surface area contributed by atoms with Gasteiger partial charge in [-0.05, 0) is 36.6 Å². The van der Waals surface area contributed by atoms with Crippen LogP contribution in [-0.2, 0) is 16.0 Å². The van der Waals surface area contributed by atoms with Crippen molar-refractivity contribution in [3.8, 4) is 5.69 Å². The second kappa shape index (κ2) is 7.92. The van der Waals surface area contributed by atoms with Gasteiger partial charge in [-0.1, -0.05) is 12.1 Å². The molecule has 0 aliphatic carbocycles. The zero-order valence-corrected chi connectivity index (χ0v) is 15.4. The summed E-state index contributed by atoms with van der Waals surface area (Å²) in [5, 5.41) is 7.32. The number of carbonyl (C=O) groups excluding carboxylic acids is 2. The van der Waals surface area contributed by atoms with E-state index in [1.165, 1.54) is 0 Å². The first-order valence-electron chi connectivity index (χ1n) is 9.57. The molecule has 7 heteroatoms. The van der Waals surface area contributed by atoms with Crippen molar-refractivity contribution in [1.82, 2.24) is 24.9 Å². The SMILES string of the molecule is O=C(Cc1ccc(-n2cccn2)cc1)N1CCCC(N2CCNCC2=O)C1. The topological polar surface area (TPSA) is 70.5 Å². The molecule has 2 fully saturated rings. The third kappa shape index (κ3) is 4.03. The molecule has 0 bridgehead atoms. The molecule has 1 aromatic heterocycles. The summed E-state index contributed by atoms with van der Waals surface area (Å²) in [6.07, 6.45) is 5.96. The molecule has 142 valence electrons. The summed E-state index contributed by atoms with van der Waals surface area (Å²) in [5.41, 5.74) is 1.97. The van der Waals surface area contributed by atoms with Crippen molar-refractivity contribution in [3.05, 3.63) is 48.3 Å². The molecule has 2 aliphatic heterocycles. The van der Waals surface area contributed by atoms with Crippen LogP contribution in [-0.4, -0.2) is 70.2 Å². The van der Waals surface area contributed by atoms with Crippen molar-refractivity contribution in [2.24, 2.45) is 0 Å². The van der Waals surface area contributed by atoms with Crippen molar-refractivity contribution in [1.29, 1.82) is 0 Å². The minimum atomic E-state index is 0.133. The Bertz CT molecular complexity index is 787. The number of piperidine rings is 1. The van der Waals surface area contributed by atoms with Gasteiger partial charge in [0.05, 0.1) is 18.7 Å². The van der Waals surface area contributed by atoms with Crippen LogP contribution in [0.1, 0.15) is 18.4 Å². The van der Waals surface area contributed by atoms with Gasteiger partial charge < -0.3 is 15.1 Å². The fourth-order valence-corrected chi connectivity index (χ4v) is 3.92. The fourth-order valence-electron chi connectivity index (χ4n) is 3.92. The third-order valence-corrected chi connectivity index (χ3v) is 5.38. The minimum absolute atomic E-state index is 0.133. The molecule has 1 atom stereocenters. The lowest BCUT2D eigenvalue weighted by molar-refractivity contribution is -0.140. The summed E-state index contributed by atoms with van der Waals surface area (Å²) in [7, 11) is 0. The highest BCUT2D eigenvalue weighted by Crippen LogP contribution is 2.18. The molecular weight excluding hydrogens is 342 g/mol. The minimum Gasteiger partial charge on any atom is -0.340 e. The second-order valence-corrected chi connectivity index (χ2v) is 7.19. The number of amides is 2. The van der Waals surface area contributed by atoms with Crippen LogP contribution in [0.5, 0.6) is 0 Å². The van der Waals surface area contributed by atoms with E-state index in [2.05, 4.69) is 10.4 Å². The number of likely N-dealkylation sites (tertiary alicyclic amines) is 1. The van der Waals surface area contributed by atoms with Crippen molar-refractivity contribution >= 4 is 11.8 Å². The first-order valence-corrected chi connectivity index (χ1v) is 9.57. The molecule has 4 rings (SSSR count). The lowest BCUT2D eigenvalue weighted by Gasteiger charge is -2.41. The summed E-state index contributed by atoms with van der Waals surface area (Å²) in [6.45, 7) is 3.41. The number of carbonyl (C=O) groups is 2. The molecule has 0 radical (unpaired) electrons. The molecule has 3 heterocycles. The Morgan fingerprint density at radius 1 is 1.22 bits per heavy atom. The van der Waals surface area contributed by atoms with E-state index in [1.54, 1.807) is 10.9 Å². The Balaban J connectivity index is 1.37. The molecule has 1 N–H and O–H groups in total. The van der Waals surface area contributed by atoms with Crippen LogP contribution in [0.2, 0.25) is 0 Å². The Morgan fingerprint density at radius 2 is 2.07 bits per heavy atom. The largest absolute Gasteiger partial charge is 0.340 e. The highest BCUT2D eigenvalue weighted by Gasteiger charge is 2.31. The molecule has 2 aliphatic rings. The Morgan fingerprint density at radius 3 is 2.81 bits per heavy atom. The number of rotatable bonds is 4. The number of aromatic nitrogens is 2. The van der Waals surface area contributed by atoms with Crippen LogP contribution in [0, 0.1) is 0 Å². The molecule has 27 heavy (non-hydrogen) atoms. The van der Waals surface area contributed by atoms with Crippen LogP contribution in [0.3, 0.4) is 0 Å². The molecule has 1 unspecified atom stereocenters. The van der Waals surface area contributed by atoms with Crippen LogP contribution in [0.15, 0.2) is 42.7 Å². The van der Waals surface area contributed by atoms with Crippen LogP contribution in [0.25, 0.3) is 5.69 Å².